The lowest BCUT2D eigenvalue weighted by molar-refractivity contribution is -0.137. The highest BCUT2D eigenvalue weighted by Crippen LogP contribution is 2.39. The van der Waals surface area contributed by atoms with Crippen LogP contribution in [0.1, 0.15) is 59.5 Å². The number of benzene rings is 2. The molecule has 3 unspecified atom stereocenters. The molecule has 3 atom stereocenters. The van der Waals surface area contributed by atoms with Crippen LogP contribution in [-0.2, 0) is 6.18 Å². The number of piperidine rings is 1. The van der Waals surface area contributed by atoms with Crippen LogP contribution in [0.5, 0.6) is 0 Å². The van der Waals surface area contributed by atoms with Gasteiger partial charge in [0, 0.05) is 61.3 Å². The molecule has 3 aliphatic rings. The number of hydrogen-bond donors (Lipinski definition) is 1. The molecule has 5 nitrogen and oxygen atoms in total. The molecule has 10 heteroatoms. The topological polar surface area (TPSA) is 47.0 Å². The maximum Gasteiger partial charge on any atom is 0.416 e. The van der Waals surface area contributed by atoms with Crippen LogP contribution in [0.3, 0.4) is 0 Å². The number of nitrogens with zero attached hydrogens (tertiary/aromatic N) is 3. The molecule has 3 saturated heterocycles. The predicted octanol–water partition coefficient (Wildman–Crippen LogP) is 5.42. The fourth-order valence-corrected chi connectivity index (χ4v) is 6.88. The standard InChI is InChI=1S/C29H34ClF4N3O2/c1-35(28(39)20-10-21(29(32,33)34)12-22(30)11-20)15-19(18-2-4-23(31)5-3-18)8-9-36-16-26(17-36)37-24-6-7-25(37)14-27(38)13-24/h2-5,10-12,19,24-27,38H,6-9,13-17H2,1H3. The van der Waals surface area contributed by atoms with E-state index < -0.39 is 17.6 Å². The molecule has 0 spiro atoms. The minimum Gasteiger partial charge on any atom is -0.393 e. The zero-order valence-corrected chi connectivity index (χ0v) is 22.6. The van der Waals surface area contributed by atoms with Gasteiger partial charge in [-0.3, -0.25) is 9.69 Å². The van der Waals surface area contributed by atoms with E-state index in [1.165, 1.54) is 23.1 Å². The van der Waals surface area contributed by atoms with Gasteiger partial charge in [-0.05, 0) is 74.5 Å². The van der Waals surface area contributed by atoms with Crippen LogP contribution in [0.15, 0.2) is 42.5 Å². The Hall–Kier alpha value is -2.20. The molecule has 5 rings (SSSR count). The second kappa shape index (κ2) is 11.4. The van der Waals surface area contributed by atoms with Crippen LogP contribution >= 0.6 is 11.6 Å². The summed E-state index contributed by atoms with van der Waals surface area (Å²) in [4.78, 5) is 19.5. The van der Waals surface area contributed by atoms with Crippen molar-refractivity contribution in [1.82, 2.24) is 14.7 Å². The molecule has 2 bridgehead atoms. The van der Waals surface area contributed by atoms with Crippen molar-refractivity contribution in [2.24, 2.45) is 0 Å². The van der Waals surface area contributed by atoms with Gasteiger partial charge in [0.25, 0.3) is 5.91 Å². The summed E-state index contributed by atoms with van der Waals surface area (Å²) in [5.74, 6) is -1.03. The number of halogens is 5. The molecule has 0 radical (unpaired) electrons. The Balaban J connectivity index is 1.22. The number of carbonyl (C=O) groups excluding carboxylic acids is 1. The van der Waals surface area contributed by atoms with E-state index in [0.717, 1.165) is 63.0 Å². The number of hydrogen-bond acceptors (Lipinski definition) is 4. The third-order valence-electron chi connectivity index (χ3n) is 8.57. The first-order chi connectivity index (χ1) is 18.5. The summed E-state index contributed by atoms with van der Waals surface area (Å²) in [6, 6.07) is 10.5. The first-order valence-electron chi connectivity index (χ1n) is 13.5. The van der Waals surface area contributed by atoms with E-state index in [2.05, 4.69) is 9.80 Å². The Kier molecular flexibility index (Phi) is 8.25. The number of rotatable bonds is 8. The predicted molar refractivity (Wildman–Crippen MR) is 141 cm³/mol. The molecule has 2 aromatic carbocycles. The van der Waals surface area contributed by atoms with Crippen molar-refractivity contribution in [3.05, 3.63) is 70.0 Å². The number of likely N-dealkylation sites (tertiary alicyclic amines) is 1. The maximum atomic E-state index is 13.6. The van der Waals surface area contributed by atoms with E-state index in [1.807, 2.05) is 0 Å². The Morgan fingerprint density at radius 2 is 1.72 bits per heavy atom. The third-order valence-corrected chi connectivity index (χ3v) is 8.79. The molecule has 1 N–H and O–H groups in total. The van der Waals surface area contributed by atoms with Crippen LogP contribution in [-0.4, -0.2) is 83.2 Å². The van der Waals surface area contributed by atoms with Gasteiger partial charge in [-0.25, -0.2) is 4.39 Å². The van der Waals surface area contributed by atoms with Crippen LogP contribution in [0.2, 0.25) is 5.02 Å². The Morgan fingerprint density at radius 3 is 2.33 bits per heavy atom. The van der Waals surface area contributed by atoms with Gasteiger partial charge in [0.2, 0.25) is 0 Å². The molecule has 3 heterocycles. The molecular formula is C29H34ClF4N3O2. The summed E-state index contributed by atoms with van der Waals surface area (Å²) in [6.45, 7) is 2.97. The average Bonchev–Trinajstić information content (AvgIpc) is 3.10. The van der Waals surface area contributed by atoms with Crippen molar-refractivity contribution in [1.29, 1.82) is 0 Å². The highest BCUT2D eigenvalue weighted by molar-refractivity contribution is 6.31. The van der Waals surface area contributed by atoms with Crippen LogP contribution in [0.4, 0.5) is 17.6 Å². The summed E-state index contributed by atoms with van der Waals surface area (Å²) >= 11 is 5.90. The van der Waals surface area contributed by atoms with Gasteiger partial charge in [-0.2, -0.15) is 13.2 Å². The van der Waals surface area contributed by atoms with Crippen molar-refractivity contribution in [3.63, 3.8) is 0 Å². The van der Waals surface area contributed by atoms with Gasteiger partial charge in [0.15, 0.2) is 0 Å². The number of fused-ring (bicyclic) bond motifs is 2. The molecule has 1 amide bonds. The van der Waals surface area contributed by atoms with Crippen molar-refractivity contribution in [3.8, 4) is 0 Å². The molecule has 2 aromatic rings. The highest BCUT2D eigenvalue weighted by atomic mass is 35.5. The number of aliphatic hydroxyl groups excluding tert-OH is 1. The first-order valence-corrected chi connectivity index (χ1v) is 13.9. The summed E-state index contributed by atoms with van der Waals surface area (Å²) in [5.41, 5.74) is -0.217. The molecule has 3 fully saturated rings. The SMILES string of the molecule is CN(CC(CCN1CC(N2C3CCC2CC(O)C3)C1)c1ccc(F)cc1)C(=O)c1cc(Cl)cc(C(F)(F)F)c1. The van der Waals surface area contributed by atoms with Gasteiger partial charge in [0.1, 0.15) is 5.82 Å². The molecule has 212 valence electrons. The van der Waals surface area contributed by atoms with Gasteiger partial charge in [-0.1, -0.05) is 23.7 Å². The van der Waals surface area contributed by atoms with Crippen molar-refractivity contribution in [2.75, 3.05) is 33.2 Å². The lowest BCUT2D eigenvalue weighted by atomic mass is 9.92. The van der Waals surface area contributed by atoms with Gasteiger partial charge in [0.05, 0.1) is 11.7 Å². The van der Waals surface area contributed by atoms with Crippen molar-refractivity contribution >= 4 is 17.5 Å². The van der Waals surface area contributed by atoms with E-state index in [9.17, 15) is 27.5 Å². The zero-order chi connectivity index (χ0) is 27.9. The second-order valence-corrected chi connectivity index (χ2v) is 11.8. The minimum atomic E-state index is -4.61. The average molecular weight is 568 g/mol. The normalized spacial score (nSPS) is 24.9. The van der Waals surface area contributed by atoms with E-state index in [-0.39, 0.29) is 35.0 Å². The molecule has 0 saturated carbocycles. The lowest BCUT2D eigenvalue weighted by Gasteiger charge is -2.51. The molecule has 0 aliphatic carbocycles. The summed E-state index contributed by atoms with van der Waals surface area (Å²) < 4.78 is 53.4. The van der Waals surface area contributed by atoms with Crippen molar-refractivity contribution in [2.45, 2.75) is 68.4 Å². The molecule has 0 aromatic heterocycles. The van der Waals surface area contributed by atoms with Crippen LogP contribution in [0, 0.1) is 5.82 Å². The number of carbonyl (C=O) groups is 1. The van der Waals surface area contributed by atoms with Crippen molar-refractivity contribution < 1.29 is 27.5 Å². The zero-order valence-electron chi connectivity index (χ0n) is 21.9. The molecular weight excluding hydrogens is 534 g/mol. The van der Waals surface area contributed by atoms with Gasteiger partial charge >= 0.3 is 6.18 Å². The van der Waals surface area contributed by atoms with Crippen LogP contribution < -0.4 is 0 Å². The largest absolute Gasteiger partial charge is 0.416 e. The lowest BCUT2D eigenvalue weighted by Crippen LogP contribution is -2.64. The van der Waals surface area contributed by atoms with E-state index in [1.54, 1.807) is 19.2 Å². The van der Waals surface area contributed by atoms with Gasteiger partial charge < -0.3 is 14.9 Å². The summed E-state index contributed by atoms with van der Waals surface area (Å²) in [7, 11) is 1.56. The van der Waals surface area contributed by atoms with E-state index in [0.29, 0.717) is 24.5 Å². The number of likely N-dealkylation sites (N-methyl/N-ethyl adjacent to an activating group) is 1. The summed E-state index contributed by atoms with van der Waals surface area (Å²) in [6.07, 6.45) is -0.0559. The Morgan fingerprint density at radius 1 is 1.08 bits per heavy atom. The second-order valence-electron chi connectivity index (χ2n) is 11.3. The Labute approximate surface area is 231 Å². The number of alkyl halides is 3. The van der Waals surface area contributed by atoms with Crippen LogP contribution in [0.25, 0.3) is 0 Å². The number of aliphatic hydroxyl groups is 1. The van der Waals surface area contributed by atoms with E-state index in [4.69, 9.17) is 11.6 Å². The fraction of sp³-hybridized carbons (Fsp3) is 0.552. The number of amides is 1. The summed E-state index contributed by atoms with van der Waals surface area (Å²) in [5, 5.41) is 9.95. The molecule has 39 heavy (non-hydrogen) atoms. The van der Waals surface area contributed by atoms with E-state index >= 15 is 0 Å². The third kappa shape index (κ3) is 6.42. The Bertz CT molecular complexity index is 1160. The quantitative estimate of drug-likeness (QED) is 0.433. The highest BCUT2D eigenvalue weighted by Gasteiger charge is 2.46. The molecule has 3 aliphatic heterocycles. The minimum absolute atomic E-state index is 0.123. The smallest absolute Gasteiger partial charge is 0.393 e. The monoisotopic (exact) mass is 567 g/mol. The fourth-order valence-electron chi connectivity index (χ4n) is 6.64. The van der Waals surface area contributed by atoms with Gasteiger partial charge in [-0.15, -0.1) is 0 Å². The first kappa shape index (κ1) is 28.3. The maximum absolute atomic E-state index is 13.6.